The van der Waals surface area contributed by atoms with Crippen molar-refractivity contribution in [1.29, 1.82) is 5.26 Å². The highest BCUT2D eigenvalue weighted by Crippen LogP contribution is 2.36. The standard InChI is InChI=1S/C37H33F3N8O2/c1-46-15-5-8-27(46)22-50-37-44-34-30(20-43-33(32(34)40)28-9-4-6-23-10-11-24(38)18-29(23)28)35(45-37)47-16-17-48(26(21-47)12-13-41)36(49)31(39)19-25-7-2-3-14-42-25/h2-4,6-7,9-11,14,18-20,26-27H,5,8,12,15-17,21-22H2,1H3/b31-19-/t26-,27?/m0/s1. The second kappa shape index (κ2) is 14.1. The molecule has 0 bridgehead atoms. The predicted molar refractivity (Wildman–Crippen MR) is 183 cm³/mol. The van der Waals surface area contributed by atoms with Gasteiger partial charge in [0.25, 0.3) is 5.91 Å². The molecule has 3 aromatic heterocycles. The molecule has 50 heavy (non-hydrogen) atoms. The Balaban J connectivity index is 1.26. The number of benzene rings is 2. The number of ether oxygens (including phenoxy) is 1. The van der Waals surface area contributed by atoms with Gasteiger partial charge in [0.05, 0.1) is 29.6 Å². The first-order valence-corrected chi connectivity index (χ1v) is 16.4. The fourth-order valence-electron chi connectivity index (χ4n) is 6.71. The molecule has 0 aliphatic carbocycles. The summed E-state index contributed by atoms with van der Waals surface area (Å²) in [4.78, 5) is 36.4. The molecule has 0 saturated carbocycles. The van der Waals surface area contributed by atoms with Crippen LogP contribution in [0.3, 0.4) is 0 Å². The molecule has 5 aromatic rings. The Morgan fingerprint density at radius 1 is 1.04 bits per heavy atom. The van der Waals surface area contributed by atoms with Gasteiger partial charge in [-0.2, -0.15) is 15.2 Å². The molecule has 2 aliphatic rings. The van der Waals surface area contributed by atoms with Crippen LogP contribution in [0.5, 0.6) is 6.01 Å². The van der Waals surface area contributed by atoms with Crippen LogP contribution in [-0.2, 0) is 4.79 Å². The molecule has 0 radical (unpaired) electrons. The summed E-state index contributed by atoms with van der Waals surface area (Å²) < 4.78 is 52.2. The van der Waals surface area contributed by atoms with Gasteiger partial charge in [-0.1, -0.05) is 30.3 Å². The minimum Gasteiger partial charge on any atom is -0.462 e. The van der Waals surface area contributed by atoms with Crippen molar-refractivity contribution >= 4 is 39.5 Å². The summed E-state index contributed by atoms with van der Waals surface area (Å²) in [5.41, 5.74) is 0.648. The molecule has 10 nitrogen and oxygen atoms in total. The maximum atomic E-state index is 16.7. The number of fused-ring (bicyclic) bond motifs is 2. The molecule has 0 spiro atoms. The topological polar surface area (TPSA) is 111 Å². The number of halogens is 3. The number of aromatic nitrogens is 4. The van der Waals surface area contributed by atoms with Crippen molar-refractivity contribution in [1.82, 2.24) is 29.7 Å². The highest BCUT2D eigenvalue weighted by Gasteiger charge is 2.34. The number of pyridine rings is 2. The lowest BCUT2D eigenvalue weighted by Gasteiger charge is -2.41. The lowest BCUT2D eigenvalue weighted by molar-refractivity contribution is -0.131. The third kappa shape index (κ3) is 6.54. The van der Waals surface area contributed by atoms with Gasteiger partial charge in [0, 0.05) is 49.7 Å². The van der Waals surface area contributed by atoms with Crippen LogP contribution in [0.4, 0.5) is 19.0 Å². The highest BCUT2D eigenvalue weighted by atomic mass is 19.1. The van der Waals surface area contributed by atoms with Crippen molar-refractivity contribution < 1.29 is 22.7 Å². The van der Waals surface area contributed by atoms with Gasteiger partial charge < -0.3 is 19.4 Å². The van der Waals surface area contributed by atoms with Crippen molar-refractivity contribution in [3.05, 3.63) is 90.1 Å². The van der Waals surface area contributed by atoms with E-state index in [1.807, 2.05) is 18.0 Å². The van der Waals surface area contributed by atoms with Crippen molar-refractivity contribution in [3.8, 4) is 23.3 Å². The van der Waals surface area contributed by atoms with E-state index in [2.05, 4.69) is 25.9 Å². The number of hydrogen-bond acceptors (Lipinski definition) is 9. The monoisotopic (exact) mass is 678 g/mol. The summed E-state index contributed by atoms with van der Waals surface area (Å²) >= 11 is 0. The minimum atomic E-state index is -0.993. The van der Waals surface area contributed by atoms with Gasteiger partial charge in [0.1, 0.15) is 29.5 Å². The van der Waals surface area contributed by atoms with Crippen molar-refractivity contribution in [2.45, 2.75) is 31.3 Å². The first-order chi connectivity index (χ1) is 24.3. The zero-order valence-electron chi connectivity index (χ0n) is 27.3. The summed E-state index contributed by atoms with van der Waals surface area (Å²) in [5.74, 6) is -2.72. The number of rotatable bonds is 8. The molecule has 2 aliphatic heterocycles. The van der Waals surface area contributed by atoms with E-state index in [-0.39, 0.29) is 49.3 Å². The largest absolute Gasteiger partial charge is 0.462 e. The molecule has 2 fully saturated rings. The zero-order valence-corrected chi connectivity index (χ0v) is 27.3. The van der Waals surface area contributed by atoms with Gasteiger partial charge in [-0.05, 0) is 61.5 Å². The number of amides is 1. The Morgan fingerprint density at radius 2 is 1.92 bits per heavy atom. The zero-order chi connectivity index (χ0) is 34.8. The molecule has 1 unspecified atom stereocenters. The number of anilines is 1. The first-order valence-electron chi connectivity index (χ1n) is 16.4. The smallest absolute Gasteiger partial charge is 0.319 e. The van der Waals surface area contributed by atoms with Crippen LogP contribution in [0.15, 0.2) is 72.8 Å². The number of likely N-dealkylation sites (N-methyl/N-ethyl adjacent to an activating group) is 1. The quantitative estimate of drug-likeness (QED) is 0.184. The van der Waals surface area contributed by atoms with E-state index in [9.17, 15) is 14.4 Å². The first kappa shape index (κ1) is 32.9. The fraction of sp³-hybridized carbons (Fsp3) is 0.297. The van der Waals surface area contributed by atoms with Gasteiger partial charge in [0.15, 0.2) is 11.6 Å². The van der Waals surface area contributed by atoms with E-state index in [1.54, 1.807) is 36.4 Å². The number of likely N-dealkylation sites (tertiary alicyclic amines) is 1. The normalized spacial score (nSPS) is 18.5. The maximum Gasteiger partial charge on any atom is 0.319 e. The van der Waals surface area contributed by atoms with Gasteiger partial charge in [-0.3, -0.25) is 14.8 Å². The molecular weight excluding hydrogens is 645 g/mol. The van der Waals surface area contributed by atoms with Crippen molar-refractivity contribution in [2.24, 2.45) is 0 Å². The number of piperazine rings is 1. The average molecular weight is 679 g/mol. The lowest BCUT2D eigenvalue weighted by atomic mass is 10.0. The molecule has 2 atom stereocenters. The molecule has 1 amide bonds. The Morgan fingerprint density at radius 3 is 2.70 bits per heavy atom. The van der Waals surface area contributed by atoms with Crippen LogP contribution >= 0.6 is 0 Å². The minimum absolute atomic E-state index is 0.00670. The van der Waals surface area contributed by atoms with Crippen LogP contribution in [-0.4, -0.2) is 87.6 Å². The Hall–Kier alpha value is -5.61. The summed E-state index contributed by atoms with van der Waals surface area (Å²) in [6, 6.07) is 16.0. The molecule has 0 N–H and O–H groups in total. The summed E-state index contributed by atoms with van der Waals surface area (Å²) in [6.07, 6.45) is 5.94. The van der Waals surface area contributed by atoms with Crippen molar-refractivity contribution in [3.63, 3.8) is 0 Å². The van der Waals surface area contributed by atoms with Crippen LogP contribution in [0.25, 0.3) is 39.0 Å². The number of carbonyl (C=O) groups is 1. The third-order valence-electron chi connectivity index (χ3n) is 9.36. The van der Waals surface area contributed by atoms with E-state index in [0.29, 0.717) is 34.5 Å². The number of nitrogens with zero attached hydrogens (tertiary/aromatic N) is 8. The highest BCUT2D eigenvalue weighted by molar-refractivity contribution is 5.99. The molecule has 7 rings (SSSR count). The molecule has 254 valence electrons. The van der Waals surface area contributed by atoms with Gasteiger partial charge in [-0.25, -0.2) is 13.2 Å². The van der Waals surface area contributed by atoms with Crippen LogP contribution in [0, 0.1) is 23.0 Å². The average Bonchev–Trinajstić information content (AvgIpc) is 3.55. The summed E-state index contributed by atoms with van der Waals surface area (Å²) in [7, 11) is 2.02. The Labute approximate surface area is 286 Å². The predicted octanol–water partition coefficient (Wildman–Crippen LogP) is 5.93. The molecular formula is C37H33F3N8O2. The van der Waals surface area contributed by atoms with E-state index in [4.69, 9.17) is 9.72 Å². The van der Waals surface area contributed by atoms with Gasteiger partial charge >= 0.3 is 6.01 Å². The van der Waals surface area contributed by atoms with Crippen LogP contribution in [0.1, 0.15) is 25.0 Å². The van der Waals surface area contributed by atoms with E-state index in [0.717, 1.165) is 30.8 Å². The fourth-order valence-corrected chi connectivity index (χ4v) is 6.71. The molecule has 13 heteroatoms. The number of nitriles is 1. The summed E-state index contributed by atoms with van der Waals surface area (Å²) in [5, 5.41) is 11.2. The van der Waals surface area contributed by atoms with Crippen molar-refractivity contribution in [2.75, 3.05) is 44.7 Å². The van der Waals surface area contributed by atoms with Crippen LogP contribution in [0.2, 0.25) is 0 Å². The van der Waals surface area contributed by atoms with Gasteiger partial charge in [0.2, 0.25) is 0 Å². The van der Waals surface area contributed by atoms with E-state index in [1.165, 1.54) is 29.4 Å². The second-order valence-corrected chi connectivity index (χ2v) is 12.5. The number of hydrogen-bond donors (Lipinski definition) is 0. The number of carbonyl (C=O) groups excluding carboxylic acids is 1. The SMILES string of the molecule is CN1CCCC1COc1nc(N2CCN(C(=O)/C(F)=C/c3ccccn3)[C@@H](CC#N)C2)c2cnc(-c3cccc4ccc(F)cc34)c(F)c2n1. The van der Waals surface area contributed by atoms with Gasteiger partial charge in [-0.15, -0.1) is 0 Å². The Bertz CT molecular complexity index is 2140. The van der Waals surface area contributed by atoms with Crippen LogP contribution < -0.4 is 9.64 Å². The summed E-state index contributed by atoms with van der Waals surface area (Å²) in [6.45, 7) is 1.62. The third-order valence-corrected chi connectivity index (χ3v) is 9.36. The second-order valence-electron chi connectivity index (χ2n) is 12.5. The lowest BCUT2D eigenvalue weighted by Crippen LogP contribution is -2.55. The maximum absolute atomic E-state index is 16.7. The molecule has 5 heterocycles. The van der Waals surface area contributed by atoms with E-state index >= 15 is 8.78 Å². The molecule has 2 saturated heterocycles. The molecule has 2 aromatic carbocycles. The van der Waals surface area contributed by atoms with E-state index < -0.39 is 29.4 Å². The Kier molecular flexibility index (Phi) is 9.27.